The number of nitrogens with one attached hydrogen (secondary N) is 1. The number of carbonyl (C=O) groups excluding carboxylic acids is 2. The largest absolute Gasteiger partial charge is 0.478 e. The van der Waals surface area contributed by atoms with Gasteiger partial charge in [0.25, 0.3) is 5.91 Å². The van der Waals surface area contributed by atoms with E-state index in [2.05, 4.69) is 217 Å². The van der Waals surface area contributed by atoms with Crippen molar-refractivity contribution in [1.82, 2.24) is 94.7 Å². The number of hydrogen-bond donors (Lipinski definition) is 2. The number of Topliss-reactive ketones (excluding diaryl/α,β-unsaturated/α-hetero) is 1. The fourth-order valence-electron chi connectivity index (χ4n) is 12.6. The van der Waals surface area contributed by atoms with Crippen molar-refractivity contribution in [2.45, 2.75) is 374 Å². The molecule has 5 aliphatic heterocycles. The molecule has 12 rings (SSSR count). The Kier molecular flexibility index (Phi) is 76.2. The van der Waals surface area contributed by atoms with E-state index in [1.807, 2.05) is 224 Å². The number of hydrogen-bond acceptors (Lipinski definition) is 21. The highest BCUT2D eigenvalue weighted by Gasteiger charge is 2.32. The zero-order chi connectivity index (χ0) is 101. The van der Waals surface area contributed by atoms with Crippen LogP contribution in [-0.2, 0) is 17.5 Å². The lowest BCUT2D eigenvalue weighted by Crippen LogP contribution is -2.44. The van der Waals surface area contributed by atoms with Gasteiger partial charge in [0.2, 0.25) is 0 Å². The summed E-state index contributed by atoms with van der Waals surface area (Å²) in [5.74, 6) is 4.47. The second kappa shape index (κ2) is 75.4. The minimum Gasteiger partial charge on any atom is -0.478 e. The molecule has 12 heterocycles. The zero-order valence-electron chi connectivity index (χ0n) is 90.5. The first-order chi connectivity index (χ1) is 61.2. The standard InChI is InChI=1S/C15H23N3.C14H21N3.C13H17N3O.C13H19N3.C10H16N2.C8H10N2O.C7H8N2O2.C6H11N.10C2H6/c1-11-6-8-18(9-7-11)15(4,5)14-10-16-13(3)17-12(14)2;1-10-5-7-17(8-6-10)12(3)14-9-15-13(4)16-11(14)2;1-9-4-6-16(7-5-9)13(17)12-8-14-11(3)15-10(12)2;1-10-4-6-16(7-5-10)9-13-8-14-12(3)15-11(13)2;1-7-9(10(3,4)5)6-11-8(2)12-7;1-5-8(6(2)11)4-9-7(3)10-5;1-4-6(7(10)11)3-8-5(2)9-4;1-6-2-4-7-5-3-6;10*1-2/h6,10H,7-9H2,1-5H3;5,9,12H,6-8H2,1-4H3;4,8H,5-7H2,1-3H3;4,8H,5-7,9H2,1-3H3;6H,1-5H3;4H,1-3H3;3H,1-2H3,(H,10,11);2,7H,3-5H2,1H3;10*1-2H3. The Morgan fingerprint density at radius 2 is 0.721 bits per heavy atom. The molecule has 0 radical (unpaired) electrons. The predicted molar refractivity (Wildman–Crippen MR) is 550 cm³/mol. The smallest absolute Gasteiger partial charge is 0.339 e. The van der Waals surface area contributed by atoms with E-state index in [0.717, 1.165) is 129 Å². The van der Waals surface area contributed by atoms with E-state index in [1.165, 1.54) is 89.0 Å². The molecule has 0 aromatic carbocycles. The Labute approximate surface area is 788 Å². The van der Waals surface area contributed by atoms with Crippen LogP contribution < -0.4 is 5.32 Å². The molecule has 0 bridgehead atoms. The van der Waals surface area contributed by atoms with Gasteiger partial charge in [-0.25, -0.2) is 74.6 Å². The van der Waals surface area contributed by atoms with Crippen LogP contribution in [-0.4, -0.2) is 178 Å². The first kappa shape index (κ1) is 130. The van der Waals surface area contributed by atoms with E-state index in [9.17, 15) is 14.4 Å². The number of aryl methyl sites for hydroxylation is 14. The molecule has 1 unspecified atom stereocenters. The van der Waals surface area contributed by atoms with E-state index in [1.54, 1.807) is 33.2 Å². The van der Waals surface area contributed by atoms with Gasteiger partial charge in [-0.15, -0.1) is 0 Å². The number of carbonyl (C=O) groups is 3. The molecule has 2 N–H and O–H groups in total. The number of amides is 1. The van der Waals surface area contributed by atoms with E-state index in [0.29, 0.717) is 46.9 Å². The van der Waals surface area contributed by atoms with Crippen molar-refractivity contribution in [3.05, 3.63) is 221 Å². The molecular formula is C106H185N19O4. The topological polar surface area (TPSA) is 277 Å². The molecule has 728 valence electrons. The van der Waals surface area contributed by atoms with Crippen LogP contribution in [0, 0.1) is 96.9 Å². The van der Waals surface area contributed by atoms with Gasteiger partial charge >= 0.3 is 5.97 Å². The maximum Gasteiger partial charge on any atom is 0.339 e. The molecule has 0 aliphatic carbocycles. The molecule has 23 heteroatoms. The highest BCUT2D eigenvalue weighted by Crippen LogP contribution is 2.32. The Morgan fingerprint density at radius 3 is 1.05 bits per heavy atom. The van der Waals surface area contributed by atoms with Crippen LogP contribution in [0.15, 0.2) is 102 Å². The Hall–Kier alpha value is -9.29. The molecule has 0 saturated carbocycles. The van der Waals surface area contributed by atoms with Crippen molar-refractivity contribution in [3.8, 4) is 0 Å². The average Bonchev–Trinajstić information content (AvgIpc) is 0.791. The summed E-state index contributed by atoms with van der Waals surface area (Å²) < 4.78 is 0. The Balaban J connectivity index is -0.000000328. The summed E-state index contributed by atoms with van der Waals surface area (Å²) in [6, 6.07) is 0.403. The van der Waals surface area contributed by atoms with Gasteiger partial charge < -0.3 is 15.3 Å². The Morgan fingerprint density at radius 1 is 0.372 bits per heavy atom. The summed E-state index contributed by atoms with van der Waals surface area (Å²) in [5.41, 5.74) is 20.3. The van der Waals surface area contributed by atoms with Gasteiger partial charge in [-0.3, -0.25) is 24.3 Å². The summed E-state index contributed by atoms with van der Waals surface area (Å²) in [4.78, 5) is 102. The second-order valence-electron chi connectivity index (χ2n) is 30.5. The second-order valence-corrected chi connectivity index (χ2v) is 30.5. The fourth-order valence-corrected chi connectivity index (χ4v) is 12.6. The first-order valence-electron chi connectivity index (χ1n) is 48.1. The zero-order valence-corrected chi connectivity index (χ0v) is 90.5. The molecule has 7 aromatic rings. The molecule has 5 aliphatic rings. The summed E-state index contributed by atoms with van der Waals surface area (Å²) in [5, 5.41) is 11.8. The molecule has 0 saturated heterocycles. The minimum absolute atomic E-state index is 0.00498. The monoisotopic (exact) mass is 1790 g/mol. The Bertz CT molecular complexity index is 4320. The van der Waals surface area contributed by atoms with Crippen LogP contribution >= 0.6 is 0 Å². The molecule has 129 heavy (non-hydrogen) atoms. The van der Waals surface area contributed by atoms with Gasteiger partial charge in [0.15, 0.2) is 5.78 Å². The van der Waals surface area contributed by atoms with E-state index in [4.69, 9.17) is 5.11 Å². The van der Waals surface area contributed by atoms with Crippen LogP contribution in [0.1, 0.15) is 394 Å². The van der Waals surface area contributed by atoms with Gasteiger partial charge in [-0.2, -0.15) is 0 Å². The van der Waals surface area contributed by atoms with Gasteiger partial charge in [0.05, 0.1) is 33.8 Å². The van der Waals surface area contributed by atoms with Crippen molar-refractivity contribution in [3.63, 3.8) is 0 Å². The van der Waals surface area contributed by atoms with Crippen LogP contribution in [0.5, 0.6) is 0 Å². The van der Waals surface area contributed by atoms with E-state index >= 15 is 0 Å². The van der Waals surface area contributed by atoms with Crippen molar-refractivity contribution in [2.75, 3.05) is 65.4 Å². The van der Waals surface area contributed by atoms with Gasteiger partial charge in [-0.1, -0.05) is 217 Å². The van der Waals surface area contributed by atoms with Crippen LogP contribution in [0.3, 0.4) is 0 Å². The van der Waals surface area contributed by atoms with E-state index < -0.39 is 5.97 Å². The summed E-state index contributed by atoms with van der Waals surface area (Å²) in [6.45, 7) is 104. The quantitative estimate of drug-likeness (QED) is 0.100. The number of carboxylic acid groups (broad SMARTS) is 1. The molecule has 0 fully saturated rings. The average molecular weight is 1790 g/mol. The van der Waals surface area contributed by atoms with Crippen LogP contribution in [0.4, 0.5) is 0 Å². The van der Waals surface area contributed by atoms with Crippen molar-refractivity contribution in [1.29, 1.82) is 0 Å². The highest BCUT2D eigenvalue weighted by atomic mass is 16.4. The number of carboxylic acids is 1. The summed E-state index contributed by atoms with van der Waals surface area (Å²) in [6.07, 6.45) is 29.4. The summed E-state index contributed by atoms with van der Waals surface area (Å²) in [7, 11) is 0. The van der Waals surface area contributed by atoms with Crippen LogP contribution in [0.2, 0.25) is 0 Å². The van der Waals surface area contributed by atoms with Crippen molar-refractivity contribution >= 4 is 17.7 Å². The molecule has 1 atom stereocenters. The fraction of sp³-hybridized carbons (Fsp3) is 0.613. The number of aromatic nitrogens is 14. The third-order valence-electron chi connectivity index (χ3n) is 19.8. The lowest BCUT2D eigenvalue weighted by Gasteiger charge is -2.40. The SMILES string of the molecule is CC.CC.CC.CC.CC.CC.CC.CC.CC.CC.CC(=O)c1cnc(C)nc1C.CC1=CCN(C(=O)c2cnc(C)nc2C)CC1.CC1=CCN(C(C)(C)c2cnc(C)nc2C)CC1.CC1=CCN(C(C)c2cnc(C)nc2C)CC1.CC1=CCN(Cc2cnc(C)nc2C)CC1.CC1=CCNCC1.Cc1ncc(C(=O)O)c(C)n1.Cc1ncc(C(C)(C)C)c(C)n1. The van der Waals surface area contributed by atoms with Gasteiger partial charge in [-0.05, 0) is 209 Å². The molecular weight excluding hydrogens is 1600 g/mol. The highest BCUT2D eigenvalue weighted by molar-refractivity contribution is 5.95. The number of ketones is 1. The number of nitrogens with zero attached hydrogens (tertiary/aromatic N) is 18. The maximum atomic E-state index is 12.3. The summed E-state index contributed by atoms with van der Waals surface area (Å²) >= 11 is 0. The number of aromatic carboxylic acids is 1. The lowest BCUT2D eigenvalue weighted by atomic mass is 9.87. The van der Waals surface area contributed by atoms with Gasteiger partial charge in [0, 0.05) is 160 Å². The third kappa shape index (κ3) is 52.4. The maximum absolute atomic E-state index is 12.3. The molecule has 0 spiro atoms. The minimum atomic E-state index is -0.984. The van der Waals surface area contributed by atoms with Gasteiger partial charge in [0.1, 0.15) is 40.8 Å². The van der Waals surface area contributed by atoms with Crippen LogP contribution in [0.25, 0.3) is 0 Å². The molecule has 1 amide bonds. The molecule has 7 aromatic heterocycles. The third-order valence-corrected chi connectivity index (χ3v) is 19.8. The lowest BCUT2D eigenvalue weighted by molar-refractivity contribution is 0.0693. The number of rotatable bonds is 9. The molecule has 23 nitrogen and oxygen atoms in total. The van der Waals surface area contributed by atoms with Crippen molar-refractivity contribution < 1.29 is 19.5 Å². The first-order valence-corrected chi connectivity index (χ1v) is 48.1. The van der Waals surface area contributed by atoms with E-state index in [-0.39, 0.29) is 28.2 Å². The van der Waals surface area contributed by atoms with Crippen molar-refractivity contribution in [2.24, 2.45) is 0 Å². The predicted octanol–water partition coefficient (Wildman–Crippen LogP) is 25.6. The normalized spacial score (nSPS) is 13.6.